The molecule has 0 radical (unpaired) electrons. The van der Waals surface area contributed by atoms with Gasteiger partial charge in [0, 0.05) is 26.2 Å². The summed E-state index contributed by atoms with van der Waals surface area (Å²) in [7, 11) is 2.07. The number of aliphatic hydroxyl groups excluding tert-OH is 1. The van der Waals surface area contributed by atoms with Gasteiger partial charge in [-0.1, -0.05) is 0 Å². The molecule has 4 nitrogen and oxygen atoms in total. The van der Waals surface area contributed by atoms with Crippen LogP contribution in [-0.2, 0) is 0 Å². The summed E-state index contributed by atoms with van der Waals surface area (Å²) in [4.78, 5) is 4.44. The number of piperazine rings is 1. The first-order valence-corrected chi connectivity index (χ1v) is 6.07. The fourth-order valence-electron chi connectivity index (χ4n) is 2.54. The van der Waals surface area contributed by atoms with Crippen molar-refractivity contribution in [2.45, 2.75) is 19.1 Å². The van der Waals surface area contributed by atoms with E-state index in [1.165, 1.54) is 12.8 Å². The van der Waals surface area contributed by atoms with E-state index in [9.17, 15) is 5.11 Å². The Morgan fingerprint density at radius 1 is 1.27 bits per heavy atom. The largest absolute Gasteiger partial charge is 0.377 e. The molecule has 2 saturated heterocycles. The zero-order chi connectivity index (χ0) is 10.7. The molecule has 0 bridgehead atoms. The van der Waals surface area contributed by atoms with Crippen LogP contribution in [0.25, 0.3) is 0 Å². The fraction of sp³-hybridized carbons (Fsp3) is 1.00. The van der Waals surface area contributed by atoms with Gasteiger partial charge in [-0.15, -0.1) is 0 Å². The van der Waals surface area contributed by atoms with Crippen molar-refractivity contribution >= 4 is 0 Å². The molecule has 2 aliphatic rings. The quantitative estimate of drug-likeness (QED) is 0.652. The van der Waals surface area contributed by atoms with Gasteiger partial charge in [-0.25, -0.2) is 0 Å². The standard InChI is InChI=1S/C11H23N3O/c1-13-6-7-14(11(15)9-13)8-10-2-4-12-5-3-10/h10-12,15H,2-9H2,1H3. The lowest BCUT2D eigenvalue weighted by atomic mass is 9.97. The van der Waals surface area contributed by atoms with Gasteiger partial charge in [-0.2, -0.15) is 0 Å². The van der Waals surface area contributed by atoms with Gasteiger partial charge in [0.1, 0.15) is 6.23 Å². The molecule has 1 unspecified atom stereocenters. The van der Waals surface area contributed by atoms with Gasteiger partial charge in [0.2, 0.25) is 0 Å². The second-order valence-corrected chi connectivity index (χ2v) is 4.93. The SMILES string of the molecule is CN1CCN(CC2CCNCC2)C(O)C1. The normalized spacial score (nSPS) is 32.0. The summed E-state index contributed by atoms with van der Waals surface area (Å²) in [5.74, 6) is 0.782. The van der Waals surface area contributed by atoms with E-state index in [0.29, 0.717) is 0 Å². The Balaban J connectivity index is 1.77. The zero-order valence-corrected chi connectivity index (χ0v) is 9.65. The summed E-state index contributed by atoms with van der Waals surface area (Å²) in [5, 5.41) is 13.3. The summed E-state index contributed by atoms with van der Waals surface area (Å²) in [5.41, 5.74) is 0. The highest BCUT2D eigenvalue weighted by Crippen LogP contribution is 2.16. The molecule has 2 N–H and O–H groups in total. The second-order valence-electron chi connectivity index (χ2n) is 4.93. The van der Waals surface area contributed by atoms with Crippen molar-refractivity contribution in [3.63, 3.8) is 0 Å². The van der Waals surface area contributed by atoms with E-state index in [0.717, 1.165) is 45.2 Å². The van der Waals surface area contributed by atoms with E-state index in [1.54, 1.807) is 0 Å². The maximum absolute atomic E-state index is 9.94. The molecular weight excluding hydrogens is 190 g/mol. The highest BCUT2D eigenvalue weighted by molar-refractivity contribution is 4.78. The minimum absolute atomic E-state index is 0.251. The number of hydrogen-bond donors (Lipinski definition) is 2. The third kappa shape index (κ3) is 3.14. The number of aliphatic hydroxyl groups is 1. The van der Waals surface area contributed by atoms with Gasteiger partial charge in [-0.3, -0.25) is 4.90 Å². The van der Waals surface area contributed by atoms with Gasteiger partial charge >= 0.3 is 0 Å². The lowest BCUT2D eigenvalue weighted by Gasteiger charge is -2.39. The van der Waals surface area contributed by atoms with Crippen LogP contribution in [0, 0.1) is 5.92 Å². The van der Waals surface area contributed by atoms with E-state index < -0.39 is 0 Å². The minimum Gasteiger partial charge on any atom is -0.377 e. The first-order valence-electron chi connectivity index (χ1n) is 6.07. The molecule has 0 saturated carbocycles. The summed E-state index contributed by atoms with van der Waals surface area (Å²) in [6.45, 7) is 6.27. The summed E-state index contributed by atoms with van der Waals surface area (Å²) in [6, 6.07) is 0. The number of hydrogen-bond acceptors (Lipinski definition) is 4. The van der Waals surface area contributed by atoms with Crippen LogP contribution in [0.5, 0.6) is 0 Å². The first-order chi connectivity index (χ1) is 7.25. The van der Waals surface area contributed by atoms with Crippen molar-refractivity contribution in [1.82, 2.24) is 15.1 Å². The zero-order valence-electron chi connectivity index (χ0n) is 9.65. The van der Waals surface area contributed by atoms with Crippen LogP contribution in [0.4, 0.5) is 0 Å². The third-order valence-electron chi connectivity index (χ3n) is 3.62. The molecule has 15 heavy (non-hydrogen) atoms. The Labute approximate surface area is 92.2 Å². The molecule has 2 fully saturated rings. The Morgan fingerprint density at radius 2 is 2.00 bits per heavy atom. The van der Waals surface area contributed by atoms with Crippen molar-refractivity contribution in [2.24, 2.45) is 5.92 Å². The monoisotopic (exact) mass is 213 g/mol. The van der Waals surface area contributed by atoms with Crippen molar-refractivity contribution in [1.29, 1.82) is 0 Å². The van der Waals surface area contributed by atoms with Crippen molar-refractivity contribution in [2.75, 3.05) is 46.3 Å². The summed E-state index contributed by atoms with van der Waals surface area (Å²) >= 11 is 0. The fourth-order valence-corrected chi connectivity index (χ4v) is 2.54. The molecule has 0 aliphatic carbocycles. The highest BCUT2D eigenvalue weighted by Gasteiger charge is 2.25. The molecule has 0 amide bonds. The first kappa shape index (κ1) is 11.3. The molecule has 2 heterocycles. The average molecular weight is 213 g/mol. The predicted molar refractivity (Wildman–Crippen MR) is 60.7 cm³/mol. The average Bonchev–Trinajstić information content (AvgIpc) is 2.24. The molecule has 0 aromatic carbocycles. The number of nitrogens with one attached hydrogen (secondary N) is 1. The Morgan fingerprint density at radius 3 is 2.67 bits per heavy atom. The Kier molecular flexibility index (Phi) is 3.97. The maximum atomic E-state index is 9.94. The van der Waals surface area contributed by atoms with E-state index in [4.69, 9.17) is 0 Å². The number of rotatable bonds is 2. The molecule has 88 valence electrons. The molecule has 1 atom stereocenters. The highest BCUT2D eigenvalue weighted by atomic mass is 16.3. The third-order valence-corrected chi connectivity index (χ3v) is 3.62. The molecule has 0 spiro atoms. The van der Waals surface area contributed by atoms with Crippen molar-refractivity contribution < 1.29 is 5.11 Å². The van der Waals surface area contributed by atoms with Gasteiger partial charge in [-0.05, 0) is 38.9 Å². The predicted octanol–water partition coefficient (Wildman–Crippen LogP) is -0.448. The Hall–Kier alpha value is -0.160. The van der Waals surface area contributed by atoms with E-state index in [-0.39, 0.29) is 6.23 Å². The van der Waals surface area contributed by atoms with Crippen LogP contribution in [0.3, 0.4) is 0 Å². The topological polar surface area (TPSA) is 38.7 Å². The van der Waals surface area contributed by atoms with Crippen LogP contribution in [0.1, 0.15) is 12.8 Å². The van der Waals surface area contributed by atoms with Crippen molar-refractivity contribution in [3.8, 4) is 0 Å². The van der Waals surface area contributed by atoms with Gasteiger partial charge in [0.25, 0.3) is 0 Å². The number of β-amino-alcohol motifs (C(OH)–C–C–N with tert-alkyl or cyclic N) is 1. The van der Waals surface area contributed by atoms with Crippen LogP contribution in [0.15, 0.2) is 0 Å². The van der Waals surface area contributed by atoms with Crippen LogP contribution in [0.2, 0.25) is 0 Å². The van der Waals surface area contributed by atoms with Crippen LogP contribution >= 0.6 is 0 Å². The van der Waals surface area contributed by atoms with Crippen LogP contribution < -0.4 is 5.32 Å². The molecule has 4 heteroatoms. The van der Waals surface area contributed by atoms with Gasteiger partial charge < -0.3 is 15.3 Å². The van der Waals surface area contributed by atoms with E-state index in [1.807, 2.05) is 0 Å². The molecule has 2 rings (SSSR count). The van der Waals surface area contributed by atoms with Crippen LogP contribution in [-0.4, -0.2) is 67.5 Å². The molecule has 0 aromatic rings. The molecule has 0 aromatic heterocycles. The lowest BCUT2D eigenvalue weighted by molar-refractivity contribution is -0.0575. The number of piperidine rings is 1. The molecular formula is C11H23N3O. The lowest BCUT2D eigenvalue weighted by Crippen LogP contribution is -2.53. The smallest absolute Gasteiger partial charge is 0.120 e. The molecule has 2 aliphatic heterocycles. The Bertz CT molecular complexity index is 194. The second kappa shape index (κ2) is 5.25. The van der Waals surface area contributed by atoms with Gasteiger partial charge in [0.15, 0.2) is 0 Å². The summed E-state index contributed by atoms with van der Waals surface area (Å²) < 4.78 is 0. The van der Waals surface area contributed by atoms with Gasteiger partial charge in [0.05, 0.1) is 0 Å². The van der Waals surface area contributed by atoms with E-state index in [2.05, 4.69) is 22.2 Å². The minimum atomic E-state index is -0.251. The number of nitrogens with zero attached hydrogens (tertiary/aromatic N) is 2. The maximum Gasteiger partial charge on any atom is 0.120 e. The number of likely N-dealkylation sites (N-methyl/N-ethyl adjacent to an activating group) is 1. The summed E-state index contributed by atoms with van der Waals surface area (Å²) in [6.07, 6.45) is 2.27. The van der Waals surface area contributed by atoms with Crippen molar-refractivity contribution in [3.05, 3.63) is 0 Å². The van der Waals surface area contributed by atoms with E-state index >= 15 is 0 Å².